The standard InChI is InChI=1S/C17H17F3N2O3/c1-4-9(2)22-8-12(16(24)25)15(23)14(10(22)3)11-5-6-21-13(7-11)17(18,19)20/h5-9H,4H2,1-3H3,(H,24,25)/t9-/m0/s1. The van der Waals surface area contributed by atoms with Crippen molar-refractivity contribution in [1.29, 1.82) is 0 Å². The van der Waals surface area contributed by atoms with Crippen LogP contribution in [0.3, 0.4) is 0 Å². The summed E-state index contributed by atoms with van der Waals surface area (Å²) in [5.74, 6) is -1.42. The van der Waals surface area contributed by atoms with Crippen LogP contribution in [-0.2, 0) is 6.18 Å². The zero-order valence-corrected chi connectivity index (χ0v) is 13.9. The lowest BCUT2D eigenvalue weighted by atomic mass is 10.0. The average Bonchev–Trinajstić information content (AvgIpc) is 2.53. The maximum atomic E-state index is 12.9. The molecule has 8 heteroatoms. The van der Waals surface area contributed by atoms with Gasteiger partial charge in [0.05, 0.1) is 0 Å². The molecule has 2 rings (SSSR count). The first-order chi connectivity index (χ1) is 11.6. The maximum absolute atomic E-state index is 12.9. The van der Waals surface area contributed by atoms with Crippen molar-refractivity contribution in [2.75, 3.05) is 0 Å². The number of aromatic nitrogens is 2. The monoisotopic (exact) mass is 354 g/mol. The molecule has 25 heavy (non-hydrogen) atoms. The van der Waals surface area contributed by atoms with E-state index in [1.807, 2.05) is 13.8 Å². The molecule has 1 N–H and O–H groups in total. The quantitative estimate of drug-likeness (QED) is 0.904. The van der Waals surface area contributed by atoms with Crippen LogP contribution in [0.4, 0.5) is 13.2 Å². The van der Waals surface area contributed by atoms with Gasteiger partial charge in [0.25, 0.3) is 0 Å². The molecule has 0 bridgehead atoms. The van der Waals surface area contributed by atoms with Crippen molar-refractivity contribution in [3.05, 3.63) is 51.7 Å². The molecule has 0 fully saturated rings. The van der Waals surface area contributed by atoms with E-state index in [9.17, 15) is 27.9 Å². The SMILES string of the molecule is CC[C@H](C)n1cc(C(=O)O)c(=O)c(-c2ccnc(C(F)(F)F)c2)c1C. The minimum atomic E-state index is -4.66. The van der Waals surface area contributed by atoms with Gasteiger partial charge >= 0.3 is 12.1 Å². The smallest absolute Gasteiger partial charge is 0.433 e. The van der Waals surface area contributed by atoms with Crippen molar-refractivity contribution >= 4 is 5.97 Å². The molecule has 0 aliphatic rings. The van der Waals surface area contributed by atoms with Crippen molar-refractivity contribution in [3.63, 3.8) is 0 Å². The molecule has 0 saturated carbocycles. The number of pyridine rings is 2. The topological polar surface area (TPSA) is 72.2 Å². The number of hydrogen-bond acceptors (Lipinski definition) is 3. The summed E-state index contributed by atoms with van der Waals surface area (Å²) in [6.45, 7) is 5.30. The first kappa shape index (κ1) is 18.7. The highest BCUT2D eigenvalue weighted by Gasteiger charge is 2.33. The summed E-state index contributed by atoms with van der Waals surface area (Å²) in [6.07, 6.45) is -1.81. The van der Waals surface area contributed by atoms with Crippen LogP contribution in [0, 0.1) is 6.92 Å². The highest BCUT2D eigenvalue weighted by molar-refractivity contribution is 5.89. The molecule has 2 heterocycles. The Labute approximate surface area is 141 Å². The summed E-state index contributed by atoms with van der Waals surface area (Å²) in [7, 11) is 0. The Kier molecular flexibility index (Phi) is 5.01. The molecule has 2 aromatic rings. The van der Waals surface area contributed by atoms with E-state index < -0.39 is 28.8 Å². The number of nitrogens with zero attached hydrogens (tertiary/aromatic N) is 2. The van der Waals surface area contributed by atoms with Gasteiger partial charge in [0.15, 0.2) is 0 Å². The lowest BCUT2D eigenvalue weighted by Crippen LogP contribution is -2.24. The fraction of sp³-hybridized carbons (Fsp3) is 0.353. The van der Waals surface area contributed by atoms with Crippen LogP contribution in [0.1, 0.15) is 48.1 Å². The zero-order valence-electron chi connectivity index (χ0n) is 13.9. The van der Waals surface area contributed by atoms with Gasteiger partial charge in [0.2, 0.25) is 5.43 Å². The normalized spacial score (nSPS) is 12.9. The van der Waals surface area contributed by atoms with E-state index in [0.29, 0.717) is 12.1 Å². The number of hydrogen-bond donors (Lipinski definition) is 1. The molecule has 1 atom stereocenters. The van der Waals surface area contributed by atoms with Crippen molar-refractivity contribution in [2.24, 2.45) is 0 Å². The summed E-state index contributed by atoms with van der Waals surface area (Å²) in [5, 5.41) is 9.28. The van der Waals surface area contributed by atoms with Gasteiger partial charge in [0.1, 0.15) is 11.3 Å². The molecule has 134 valence electrons. The molecule has 5 nitrogen and oxygen atoms in total. The van der Waals surface area contributed by atoms with Crippen LogP contribution in [-0.4, -0.2) is 20.6 Å². The first-order valence-electron chi connectivity index (χ1n) is 7.60. The number of rotatable bonds is 4. The number of carbonyl (C=O) groups is 1. The average molecular weight is 354 g/mol. The number of alkyl halides is 3. The van der Waals surface area contributed by atoms with E-state index in [1.54, 1.807) is 11.5 Å². The highest BCUT2D eigenvalue weighted by atomic mass is 19.4. The molecule has 0 radical (unpaired) electrons. The van der Waals surface area contributed by atoms with Crippen LogP contribution in [0.25, 0.3) is 11.1 Å². The molecule has 2 aromatic heterocycles. The molecule has 0 unspecified atom stereocenters. The van der Waals surface area contributed by atoms with Gasteiger partial charge in [-0.15, -0.1) is 0 Å². The Morgan fingerprint density at radius 2 is 2.04 bits per heavy atom. The maximum Gasteiger partial charge on any atom is 0.433 e. The summed E-state index contributed by atoms with van der Waals surface area (Å²) in [5.41, 5.74) is -2.10. The Bertz CT molecular complexity index is 872. The van der Waals surface area contributed by atoms with Crippen LogP contribution >= 0.6 is 0 Å². The van der Waals surface area contributed by atoms with E-state index in [0.717, 1.165) is 12.3 Å². The third kappa shape index (κ3) is 3.57. The fourth-order valence-corrected chi connectivity index (χ4v) is 2.61. The van der Waals surface area contributed by atoms with Gasteiger partial charge < -0.3 is 9.67 Å². The summed E-state index contributed by atoms with van der Waals surface area (Å²) in [6, 6.07) is 1.91. The molecule has 0 aromatic carbocycles. The fourth-order valence-electron chi connectivity index (χ4n) is 2.61. The van der Waals surface area contributed by atoms with Gasteiger partial charge in [-0.2, -0.15) is 13.2 Å². The third-order valence-electron chi connectivity index (χ3n) is 4.12. The minimum absolute atomic E-state index is 0.00928. The third-order valence-corrected chi connectivity index (χ3v) is 4.12. The molecule has 0 aliphatic carbocycles. The Morgan fingerprint density at radius 1 is 1.40 bits per heavy atom. The Balaban J connectivity index is 2.83. The van der Waals surface area contributed by atoms with E-state index >= 15 is 0 Å². The predicted molar refractivity (Wildman–Crippen MR) is 85.6 cm³/mol. The minimum Gasteiger partial charge on any atom is -0.477 e. The lowest BCUT2D eigenvalue weighted by Gasteiger charge is -2.21. The van der Waals surface area contributed by atoms with Gasteiger partial charge in [-0.1, -0.05) is 6.92 Å². The number of aromatic carboxylic acids is 1. The summed E-state index contributed by atoms with van der Waals surface area (Å²) >= 11 is 0. The van der Waals surface area contributed by atoms with Crippen LogP contribution in [0.15, 0.2) is 29.3 Å². The highest BCUT2D eigenvalue weighted by Crippen LogP contribution is 2.31. The van der Waals surface area contributed by atoms with Crippen LogP contribution in [0.2, 0.25) is 0 Å². The zero-order chi connectivity index (χ0) is 18.9. The largest absolute Gasteiger partial charge is 0.477 e. The van der Waals surface area contributed by atoms with Gasteiger partial charge in [0, 0.05) is 29.7 Å². The second-order valence-corrected chi connectivity index (χ2v) is 5.73. The summed E-state index contributed by atoms with van der Waals surface area (Å²) in [4.78, 5) is 27.2. The predicted octanol–water partition coefficient (Wildman–Crippen LogP) is 3.91. The van der Waals surface area contributed by atoms with Crippen LogP contribution < -0.4 is 5.43 Å². The first-order valence-corrected chi connectivity index (χ1v) is 7.60. The Morgan fingerprint density at radius 3 is 2.56 bits per heavy atom. The van der Waals surface area contributed by atoms with Gasteiger partial charge in [-0.25, -0.2) is 4.79 Å². The van der Waals surface area contributed by atoms with E-state index in [2.05, 4.69) is 4.98 Å². The Hall–Kier alpha value is -2.64. The lowest BCUT2D eigenvalue weighted by molar-refractivity contribution is -0.141. The second-order valence-electron chi connectivity index (χ2n) is 5.73. The van der Waals surface area contributed by atoms with Crippen LogP contribution in [0.5, 0.6) is 0 Å². The van der Waals surface area contributed by atoms with Crippen molar-refractivity contribution in [1.82, 2.24) is 9.55 Å². The summed E-state index contributed by atoms with van der Waals surface area (Å²) < 4.78 is 40.3. The number of halogens is 3. The molecular formula is C17H17F3N2O3. The van der Waals surface area contributed by atoms with E-state index in [1.165, 1.54) is 12.3 Å². The molecule has 0 aliphatic heterocycles. The van der Waals surface area contributed by atoms with Gasteiger partial charge in [-0.3, -0.25) is 9.78 Å². The van der Waals surface area contributed by atoms with E-state index in [-0.39, 0.29) is 17.2 Å². The van der Waals surface area contributed by atoms with E-state index in [4.69, 9.17) is 0 Å². The van der Waals surface area contributed by atoms with Crippen molar-refractivity contribution in [2.45, 2.75) is 39.4 Å². The molecule has 0 spiro atoms. The number of carboxylic acid groups (broad SMARTS) is 1. The number of carboxylic acids is 1. The molecular weight excluding hydrogens is 337 g/mol. The molecule has 0 saturated heterocycles. The van der Waals surface area contributed by atoms with Crippen molar-refractivity contribution in [3.8, 4) is 11.1 Å². The molecule has 0 amide bonds. The van der Waals surface area contributed by atoms with Crippen molar-refractivity contribution < 1.29 is 23.1 Å². The van der Waals surface area contributed by atoms with Gasteiger partial charge in [-0.05, 0) is 38.0 Å². The second kappa shape index (κ2) is 6.70.